The summed E-state index contributed by atoms with van der Waals surface area (Å²) in [5, 5.41) is 0. The van der Waals surface area contributed by atoms with E-state index in [1.165, 1.54) is 44.9 Å². The van der Waals surface area contributed by atoms with Gasteiger partial charge in [-0.05, 0) is 19.3 Å². The summed E-state index contributed by atoms with van der Waals surface area (Å²) < 4.78 is 6.22. The zero-order valence-corrected chi connectivity index (χ0v) is 11.4. The highest BCUT2D eigenvalue weighted by Gasteiger charge is 2.28. The number of ether oxygens (including phenoxy) is 1. The summed E-state index contributed by atoms with van der Waals surface area (Å²) in [6.45, 7) is 7.90. The summed E-state index contributed by atoms with van der Waals surface area (Å²) in [6.07, 6.45) is 9.30. The van der Waals surface area contributed by atoms with Gasteiger partial charge in [0.05, 0.1) is 0 Å². The maximum Gasteiger partial charge on any atom is 0.103 e. The van der Waals surface area contributed by atoms with Gasteiger partial charge in [0.15, 0.2) is 0 Å². The van der Waals surface area contributed by atoms with Crippen molar-refractivity contribution in [2.24, 2.45) is 0 Å². The Bertz CT molecular complexity index is 168. The van der Waals surface area contributed by atoms with Crippen molar-refractivity contribution in [3.63, 3.8) is 0 Å². The van der Waals surface area contributed by atoms with Gasteiger partial charge >= 0.3 is 0 Å². The van der Waals surface area contributed by atoms with Crippen LogP contribution < -0.4 is 0 Å². The Balaban J connectivity index is 2.05. The molecule has 1 nitrogen and oxygen atoms in total. The van der Waals surface area contributed by atoms with Crippen LogP contribution in [0, 0.1) is 0 Å². The highest BCUT2D eigenvalue weighted by Crippen LogP contribution is 2.38. The average Bonchev–Trinajstić information content (AvgIpc) is 2.16. The Morgan fingerprint density at radius 1 is 1.20 bits per heavy atom. The maximum atomic E-state index is 5.78. The van der Waals surface area contributed by atoms with Gasteiger partial charge in [-0.15, -0.1) is 11.8 Å². The minimum Gasteiger partial charge on any atom is -0.368 e. The highest BCUT2D eigenvalue weighted by atomic mass is 32.2. The van der Waals surface area contributed by atoms with E-state index in [1.807, 2.05) is 11.8 Å². The van der Waals surface area contributed by atoms with Gasteiger partial charge in [-0.25, -0.2) is 0 Å². The van der Waals surface area contributed by atoms with Gasteiger partial charge in [0.1, 0.15) is 5.44 Å². The molecule has 1 saturated heterocycles. The third kappa shape index (κ3) is 5.82. The predicted octanol–water partition coefficient (Wildman–Crippen LogP) is 4.61. The van der Waals surface area contributed by atoms with Gasteiger partial charge in [-0.3, -0.25) is 0 Å². The molecule has 15 heavy (non-hydrogen) atoms. The molecule has 0 saturated carbocycles. The van der Waals surface area contributed by atoms with Gasteiger partial charge in [0.2, 0.25) is 0 Å². The molecular weight excluding hydrogens is 204 g/mol. The van der Waals surface area contributed by atoms with Crippen LogP contribution in [0.3, 0.4) is 0 Å². The summed E-state index contributed by atoms with van der Waals surface area (Å²) in [5.74, 6) is 0. The summed E-state index contributed by atoms with van der Waals surface area (Å²) in [4.78, 5) is 0. The molecule has 1 atom stereocenters. The third-order valence-electron chi connectivity index (χ3n) is 3.00. The van der Waals surface area contributed by atoms with Crippen molar-refractivity contribution >= 4 is 11.8 Å². The number of thioether (sulfide) groups is 1. The molecule has 0 bridgehead atoms. The maximum absolute atomic E-state index is 5.78. The van der Waals surface area contributed by atoms with Crippen molar-refractivity contribution in [3.8, 4) is 0 Å². The Kier molecular flexibility index (Phi) is 6.06. The lowest BCUT2D eigenvalue weighted by atomic mass is 10.1. The summed E-state index contributed by atoms with van der Waals surface area (Å²) in [6, 6.07) is 0. The van der Waals surface area contributed by atoms with Crippen molar-refractivity contribution in [2.75, 3.05) is 6.61 Å². The Morgan fingerprint density at radius 2 is 1.93 bits per heavy atom. The smallest absolute Gasteiger partial charge is 0.103 e. The predicted molar refractivity (Wildman–Crippen MR) is 69.4 cm³/mol. The van der Waals surface area contributed by atoms with Crippen LogP contribution in [-0.4, -0.2) is 16.8 Å². The minimum absolute atomic E-state index is 0.437. The second-order valence-corrected chi connectivity index (χ2v) is 7.00. The van der Waals surface area contributed by atoms with Crippen LogP contribution in [0.2, 0.25) is 0 Å². The van der Waals surface area contributed by atoms with Crippen LogP contribution >= 0.6 is 11.8 Å². The van der Waals surface area contributed by atoms with Crippen LogP contribution in [-0.2, 0) is 4.74 Å². The number of hydrogen-bond acceptors (Lipinski definition) is 2. The molecule has 1 fully saturated rings. The molecule has 1 unspecified atom stereocenters. The summed E-state index contributed by atoms with van der Waals surface area (Å²) >= 11 is 2.03. The zero-order valence-electron chi connectivity index (χ0n) is 10.6. The quantitative estimate of drug-likeness (QED) is 0.616. The normalized spacial score (nSPS) is 25.4. The van der Waals surface area contributed by atoms with Crippen molar-refractivity contribution < 1.29 is 4.74 Å². The van der Waals surface area contributed by atoms with Crippen LogP contribution in [0.4, 0.5) is 0 Å². The molecule has 90 valence electrons. The van der Waals surface area contributed by atoms with Crippen molar-refractivity contribution in [1.82, 2.24) is 0 Å². The summed E-state index contributed by atoms with van der Waals surface area (Å²) in [7, 11) is 0. The molecule has 0 aromatic carbocycles. The zero-order chi connectivity index (χ0) is 11.1. The molecule has 0 spiro atoms. The topological polar surface area (TPSA) is 9.23 Å². The molecule has 0 N–H and O–H groups in total. The van der Waals surface area contributed by atoms with E-state index < -0.39 is 0 Å². The van der Waals surface area contributed by atoms with Gasteiger partial charge < -0.3 is 4.74 Å². The van der Waals surface area contributed by atoms with Crippen LogP contribution in [0.1, 0.15) is 65.7 Å². The standard InChI is InChI=1S/C13H26OS/c1-4-5-6-7-8-9-12-14-11-10-13(2,3)15-12/h12H,4-11H2,1-3H3. The lowest BCUT2D eigenvalue weighted by Gasteiger charge is -2.34. The van der Waals surface area contributed by atoms with Crippen molar-refractivity contribution in [3.05, 3.63) is 0 Å². The fraction of sp³-hybridized carbons (Fsp3) is 1.00. The molecular formula is C13H26OS. The molecule has 1 aliphatic rings. The largest absolute Gasteiger partial charge is 0.368 e. The van der Waals surface area contributed by atoms with E-state index in [4.69, 9.17) is 4.74 Å². The van der Waals surface area contributed by atoms with E-state index in [1.54, 1.807) is 0 Å². The van der Waals surface area contributed by atoms with Crippen LogP contribution in [0.15, 0.2) is 0 Å². The van der Waals surface area contributed by atoms with Crippen molar-refractivity contribution in [2.45, 2.75) is 75.9 Å². The fourth-order valence-corrected chi connectivity index (χ4v) is 3.30. The average molecular weight is 230 g/mol. The van der Waals surface area contributed by atoms with Gasteiger partial charge in [0.25, 0.3) is 0 Å². The van der Waals surface area contributed by atoms with Gasteiger partial charge in [0, 0.05) is 11.4 Å². The first kappa shape index (κ1) is 13.4. The molecule has 1 heterocycles. The second-order valence-electron chi connectivity index (χ2n) is 5.13. The van der Waals surface area contributed by atoms with E-state index in [9.17, 15) is 0 Å². The Labute approximate surface area is 99.3 Å². The number of unbranched alkanes of at least 4 members (excludes halogenated alkanes) is 4. The van der Waals surface area contributed by atoms with Crippen LogP contribution in [0.5, 0.6) is 0 Å². The van der Waals surface area contributed by atoms with Crippen LogP contribution in [0.25, 0.3) is 0 Å². The highest BCUT2D eigenvalue weighted by molar-refractivity contribution is 8.01. The SMILES string of the molecule is CCCCCCCC1OCCC(C)(C)S1. The monoisotopic (exact) mass is 230 g/mol. The van der Waals surface area contributed by atoms with E-state index in [-0.39, 0.29) is 0 Å². The van der Waals surface area contributed by atoms with E-state index in [2.05, 4.69) is 20.8 Å². The third-order valence-corrected chi connectivity index (χ3v) is 4.48. The molecule has 1 aliphatic heterocycles. The molecule has 0 aromatic heterocycles. The fourth-order valence-electron chi connectivity index (χ4n) is 1.94. The Morgan fingerprint density at radius 3 is 2.60 bits per heavy atom. The van der Waals surface area contributed by atoms with E-state index >= 15 is 0 Å². The van der Waals surface area contributed by atoms with Gasteiger partial charge in [-0.1, -0.05) is 46.5 Å². The van der Waals surface area contributed by atoms with Gasteiger partial charge in [-0.2, -0.15) is 0 Å². The van der Waals surface area contributed by atoms with E-state index in [0.29, 0.717) is 10.2 Å². The first-order valence-electron chi connectivity index (χ1n) is 6.43. The molecule has 0 amide bonds. The molecule has 1 rings (SSSR count). The Hall–Kier alpha value is 0.310. The number of rotatable bonds is 6. The number of hydrogen-bond donors (Lipinski definition) is 0. The molecule has 0 aromatic rings. The molecule has 0 radical (unpaired) electrons. The second kappa shape index (κ2) is 6.80. The lowest BCUT2D eigenvalue weighted by Crippen LogP contribution is -2.29. The summed E-state index contributed by atoms with van der Waals surface area (Å²) in [5.41, 5.74) is 0.468. The van der Waals surface area contributed by atoms with E-state index in [0.717, 1.165) is 6.61 Å². The molecule has 0 aliphatic carbocycles. The first-order chi connectivity index (χ1) is 7.14. The van der Waals surface area contributed by atoms with Crippen molar-refractivity contribution in [1.29, 1.82) is 0 Å². The lowest BCUT2D eigenvalue weighted by molar-refractivity contribution is 0.0855. The molecule has 2 heteroatoms. The minimum atomic E-state index is 0.437. The first-order valence-corrected chi connectivity index (χ1v) is 7.31.